The van der Waals surface area contributed by atoms with E-state index in [9.17, 15) is 26.7 Å². The monoisotopic (exact) mass is 298 g/mol. The number of hydrogen-bond acceptors (Lipinski definition) is 2. The highest BCUT2D eigenvalue weighted by Gasteiger charge is 2.62. The van der Waals surface area contributed by atoms with Gasteiger partial charge < -0.3 is 4.74 Å². The highest BCUT2D eigenvalue weighted by Crippen LogP contribution is 2.46. The van der Waals surface area contributed by atoms with E-state index < -0.39 is 17.9 Å². The van der Waals surface area contributed by atoms with Gasteiger partial charge in [0, 0.05) is 17.9 Å². The van der Waals surface area contributed by atoms with Crippen LogP contribution in [-0.2, 0) is 9.53 Å². The summed E-state index contributed by atoms with van der Waals surface area (Å²) in [6, 6.07) is 0. The number of ether oxygens (including phenoxy) is 1. The smallest absolute Gasteiger partial charge is 0.461 e. The Balaban J connectivity index is 2.07. The van der Waals surface area contributed by atoms with E-state index in [1.165, 1.54) is 0 Å². The molecule has 20 heavy (non-hydrogen) atoms. The lowest BCUT2D eigenvalue weighted by Crippen LogP contribution is -2.43. The van der Waals surface area contributed by atoms with Crippen molar-refractivity contribution >= 4 is 5.78 Å². The molecule has 0 atom stereocenters. The number of carbonyl (C=O) groups is 1. The minimum absolute atomic E-state index is 0.0548. The maximum atomic E-state index is 12.8. The molecule has 2 rings (SSSR count). The number of alkyl halides is 5. The molecule has 0 N–H and O–H groups in total. The zero-order valence-corrected chi connectivity index (χ0v) is 10.7. The highest BCUT2D eigenvalue weighted by molar-refractivity contribution is 5.96. The maximum absolute atomic E-state index is 12.8. The summed E-state index contributed by atoms with van der Waals surface area (Å²) in [5.74, 6) is -7.67. The molecular weight excluding hydrogens is 283 g/mol. The van der Waals surface area contributed by atoms with Crippen LogP contribution in [0, 0.1) is 5.41 Å². The molecule has 0 aromatic heterocycles. The molecule has 1 heterocycles. The third kappa shape index (κ3) is 2.81. The van der Waals surface area contributed by atoms with Gasteiger partial charge in [0.2, 0.25) is 5.78 Å². The lowest BCUT2D eigenvalue weighted by molar-refractivity contribution is -0.266. The fourth-order valence-corrected chi connectivity index (χ4v) is 2.81. The van der Waals surface area contributed by atoms with E-state index >= 15 is 0 Å². The summed E-state index contributed by atoms with van der Waals surface area (Å²) >= 11 is 0. The van der Waals surface area contributed by atoms with Crippen molar-refractivity contribution in [1.82, 2.24) is 0 Å². The normalized spacial score (nSPS) is 24.9. The van der Waals surface area contributed by atoms with Crippen LogP contribution in [0.25, 0.3) is 0 Å². The predicted octanol–water partition coefficient (Wildman–Crippen LogP) is 4.01. The molecule has 1 saturated heterocycles. The van der Waals surface area contributed by atoms with Gasteiger partial charge >= 0.3 is 12.1 Å². The van der Waals surface area contributed by atoms with Crippen molar-refractivity contribution in [2.45, 2.75) is 50.6 Å². The first-order valence-electron chi connectivity index (χ1n) is 6.49. The summed E-state index contributed by atoms with van der Waals surface area (Å²) in [4.78, 5) is 11.1. The van der Waals surface area contributed by atoms with Crippen LogP contribution in [0.3, 0.4) is 0 Å². The molecule has 1 spiro atoms. The Kier molecular flexibility index (Phi) is 3.81. The van der Waals surface area contributed by atoms with Crippen LogP contribution < -0.4 is 0 Å². The number of ketones is 1. The van der Waals surface area contributed by atoms with Crippen molar-refractivity contribution in [2.75, 3.05) is 6.61 Å². The predicted molar refractivity (Wildman–Crippen MR) is 60.2 cm³/mol. The molecule has 1 aliphatic carbocycles. The number of carbonyl (C=O) groups excluding carboxylic acids is 1. The molecule has 2 aliphatic rings. The van der Waals surface area contributed by atoms with Gasteiger partial charge in [-0.2, -0.15) is 22.0 Å². The Bertz CT molecular complexity index is 419. The molecule has 0 unspecified atom stereocenters. The van der Waals surface area contributed by atoms with Gasteiger partial charge in [-0.1, -0.05) is 19.3 Å². The Hall–Kier alpha value is -1.14. The Morgan fingerprint density at radius 2 is 1.70 bits per heavy atom. The first kappa shape index (κ1) is 15.3. The standard InChI is InChI=1S/C13H15F5O2/c14-12(15,13(16,17)18)10(19)6-9-7-11(8-20-9)4-2-1-3-5-11/h6H,1-5,7-8H2/b9-6+. The average Bonchev–Trinajstić information content (AvgIpc) is 2.71. The van der Waals surface area contributed by atoms with Crippen LogP contribution in [0.1, 0.15) is 38.5 Å². The summed E-state index contributed by atoms with van der Waals surface area (Å²) < 4.78 is 67.0. The zero-order valence-electron chi connectivity index (χ0n) is 10.7. The molecule has 7 heteroatoms. The van der Waals surface area contributed by atoms with Crippen molar-refractivity contribution in [2.24, 2.45) is 5.41 Å². The fourth-order valence-electron chi connectivity index (χ4n) is 2.81. The van der Waals surface area contributed by atoms with Crippen molar-refractivity contribution in [3.05, 3.63) is 11.8 Å². The molecule has 2 nitrogen and oxygen atoms in total. The van der Waals surface area contributed by atoms with Crippen molar-refractivity contribution in [3.63, 3.8) is 0 Å². The van der Waals surface area contributed by atoms with Gasteiger partial charge in [-0.3, -0.25) is 4.79 Å². The van der Waals surface area contributed by atoms with Gasteiger partial charge in [-0.25, -0.2) is 0 Å². The highest BCUT2D eigenvalue weighted by atomic mass is 19.4. The fraction of sp³-hybridized carbons (Fsp3) is 0.769. The van der Waals surface area contributed by atoms with E-state index in [1.807, 2.05) is 0 Å². The Morgan fingerprint density at radius 3 is 2.25 bits per heavy atom. The molecule has 0 aromatic carbocycles. The lowest BCUT2D eigenvalue weighted by atomic mass is 9.73. The quantitative estimate of drug-likeness (QED) is 0.569. The van der Waals surface area contributed by atoms with Crippen LogP contribution >= 0.6 is 0 Å². The van der Waals surface area contributed by atoms with E-state index in [0.29, 0.717) is 12.7 Å². The molecule has 0 amide bonds. The summed E-state index contributed by atoms with van der Waals surface area (Å²) in [7, 11) is 0. The minimum Gasteiger partial charge on any atom is -0.497 e. The molecule has 1 aliphatic heterocycles. The van der Waals surface area contributed by atoms with Gasteiger partial charge in [0.25, 0.3) is 0 Å². The minimum atomic E-state index is -5.87. The van der Waals surface area contributed by atoms with Crippen molar-refractivity contribution in [1.29, 1.82) is 0 Å². The molecule has 114 valence electrons. The number of halogens is 5. The van der Waals surface area contributed by atoms with Crippen molar-refractivity contribution in [3.8, 4) is 0 Å². The Morgan fingerprint density at radius 1 is 1.10 bits per heavy atom. The van der Waals surface area contributed by atoms with Gasteiger partial charge in [-0.15, -0.1) is 0 Å². The van der Waals surface area contributed by atoms with Gasteiger partial charge in [0.1, 0.15) is 5.76 Å². The summed E-state index contributed by atoms with van der Waals surface area (Å²) in [6.07, 6.45) is -0.507. The van der Waals surface area contributed by atoms with Crippen molar-refractivity contribution < 1.29 is 31.5 Å². The van der Waals surface area contributed by atoms with Gasteiger partial charge in [0.15, 0.2) is 0 Å². The first-order valence-corrected chi connectivity index (χ1v) is 6.49. The summed E-state index contributed by atoms with van der Waals surface area (Å²) in [6.45, 7) is 0.295. The third-order valence-electron chi connectivity index (χ3n) is 3.98. The SMILES string of the molecule is O=C(/C=C1\CC2(CCCCC2)CO1)C(F)(F)C(F)(F)F. The summed E-state index contributed by atoms with van der Waals surface area (Å²) in [5.41, 5.74) is -0.183. The molecule has 0 bridgehead atoms. The van der Waals surface area contributed by atoms with E-state index in [2.05, 4.69) is 0 Å². The number of rotatable bonds is 2. The van der Waals surface area contributed by atoms with E-state index in [-0.39, 0.29) is 17.6 Å². The second-order valence-electron chi connectivity index (χ2n) is 5.57. The second kappa shape index (κ2) is 5.00. The molecule has 1 saturated carbocycles. The maximum Gasteiger partial charge on any atom is 0.461 e. The van der Waals surface area contributed by atoms with Crippen LogP contribution in [0.2, 0.25) is 0 Å². The molecular formula is C13H15F5O2. The summed E-state index contributed by atoms with van der Waals surface area (Å²) in [5, 5.41) is 0. The topological polar surface area (TPSA) is 26.3 Å². The van der Waals surface area contributed by atoms with Crippen LogP contribution in [0.15, 0.2) is 11.8 Å². The zero-order chi connectivity index (χ0) is 15.0. The third-order valence-corrected chi connectivity index (χ3v) is 3.98. The van der Waals surface area contributed by atoms with E-state index in [4.69, 9.17) is 4.74 Å². The van der Waals surface area contributed by atoms with Gasteiger partial charge in [0.05, 0.1) is 6.61 Å². The largest absolute Gasteiger partial charge is 0.497 e. The van der Waals surface area contributed by atoms with E-state index in [1.54, 1.807) is 0 Å². The number of allylic oxidation sites excluding steroid dienone is 2. The lowest BCUT2D eigenvalue weighted by Gasteiger charge is -2.30. The molecule has 0 radical (unpaired) electrons. The average molecular weight is 298 g/mol. The first-order chi connectivity index (χ1) is 9.16. The van der Waals surface area contributed by atoms with Crippen LogP contribution in [0.5, 0.6) is 0 Å². The second-order valence-corrected chi connectivity index (χ2v) is 5.57. The van der Waals surface area contributed by atoms with Crippen LogP contribution in [-0.4, -0.2) is 24.5 Å². The van der Waals surface area contributed by atoms with Gasteiger partial charge in [-0.05, 0) is 12.8 Å². The van der Waals surface area contributed by atoms with E-state index in [0.717, 1.165) is 32.1 Å². The number of hydrogen-bond donors (Lipinski definition) is 0. The Labute approximate surface area is 113 Å². The van der Waals surface area contributed by atoms with Crippen LogP contribution in [0.4, 0.5) is 22.0 Å². The molecule has 0 aromatic rings. The molecule has 2 fully saturated rings.